The van der Waals surface area contributed by atoms with E-state index >= 15 is 0 Å². The maximum absolute atomic E-state index is 10.8. The number of rotatable bonds is 4. The summed E-state index contributed by atoms with van der Waals surface area (Å²) >= 11 is 3.33. The smallest absolute Gasteiger partial charge is 0.335 e. The first-order valence-corrected chi connectivity index (χ1v) is 6.29. The molecular weight excluding hydrogens is 304 g/mol. The molecule has 0 saturated carbocycles. The van der Waals surface area contributed by atoms with Crippen LogP contribution in [0.15, 0.2) is 28.7 Å². The predicted molar refractivity (Wildman–Crippen MR) is 66.8 cm³/mol. The first-order chi connectivity index (χ1) is 8.65. The van der Waals surface area contributed by atoms with E-state index in [0.29, 0.717) is 12.4 Å². The maximum Gasteiger partial charge on any atom is 0.335 e. The molecule has 1 heterocycles. The van der Waals surface area contributed by atoms with E-state index in [1.807, 2.05) is 24.3 Å². The largest absolute Gasteiger partial charge is 0.491 e. The molecule has 1 aliphatic heterocycles. The summed E-state index contributed by atoms with van der Waals surface area (Å²) in [6.07, 6.45) is -1.26. The van der Waals surface area contributed by atoms with Gasteiger partial charge in [0.15, 0.2) is 6.10 Å². The van der Waals surface area contributed by atoms with Crippen LogP contribution >= 0.6 is 15.9 Å². The van der Waals surface area contributed by atoms with Crippen molar-refractivity contribution >= 4 is 21.9 Å². The van der Waals surface area contributed by atoms with Crippen molar-refractivity contribution < 1.29 is 24.1 Å². The zero-order valence-electron chi connectivity index (χ0n) is 9.54. The highest BCUT2D eigenvalue weighted by molar-refractivity contribution is 9.10. The number of aliphatic carboxylic acids is 1. The molecule has 2 unspecified atom stereocenters. The van der Waals surface area contributed by atoms with Crippen LogP contribution in [0.3, 0.4) is 0 Å². The minimum atomic E-state index is -1.01. The second kappa shape index (κ2) is 6.17. The third-order valence-electron chi connectivity index (χ3n) is 2.45. The van der Waals surface area contributed by atoms with Gasteiger partial charge in [-0.2, -0.15) is 0 Å². The summed E-state index contributed by atoms with van der Waals surface area (Å²) in [5.41, 5.74) is 0. The number of hydrogen-bond donors (Lipinski definition) is 1. The van der Waals surface area contributed by atoms with Gasteiger partial charge in [-0.25, -0.2) is 4.79 Å². The molecule has 18 heavy (non-hydrogen) atoms. The summed E-state index contributed by atoms with van der Waals surface area (Å²) in [4.78, 5) is 10.8. The number of carboxylic acids is 1. The van der Waals surface area contributed by atoms with Crippen molar-refractivity contribution in [1.82, 2.24) is 0 Å². The van der Waals surface area contributed by atoms with Gasteiger partial charge in [0.2, 0.25) is 0 Å². The molecule has 2 rings (SSSR count). The molecule has 0 bridgehead atoms. The fourth-order valence-electron chi connectivity index (χ4n) is 1.55. The van der Waals surface area contributed by atoms with Gasteiger partial charge in [-0.3, -0.25) is 0 Å². The van der Waals surface area contributed by atoms with Crippen molar-refractivity contribution in [2.45, 2.75) is 12.2 Å². The Morgan fingerprint density at radius 3 is 2.78 bits per heavy atom. The minimum absolute atomic E-state index is 0.0874. The molecule has 1 fully saturated rings. The summed E-state index contributed by atoms with van der Waals surface area (Å²) in [7, 11) is 0. The molecule has 0 aromatic heterocycles. The molecule has 0 aliphatic carbocycles. The Morgan fingerprint density at radius 2 is 2.11 bits per heavy atom. The van der Waals surface area contributed by atoms with Gasteiger partial charge >= 0.3 is 5.97 Å². The molecule has 1 aromatic carbocycles. The number of carboxylic acid groups (broad SMARTS) is 1. The highest BCUT2D eigenvalue weighted by Gasteiger charge is 2.28. The highest BCUT2D eigenvalue weighted by atomic mass is 79.9. The zero-order valence-corrected chi connectivity index (χ0v) is 11.1. The molecule has 2 atom stereocenters. The van der Waals surface area contributed by atoms with Crippen LogP contribution in [0.4, 0.5) is 0 Å². The van der Waals surface area contributed by atoms with Crippen LogP contribution in [0.2, 0.25) is 0 Å². The summed E-state index contributed by atoms with van der Waals surface area (Å²) in [6.45, 7) is 0.704. The third-order valence-corrected chi connectivity index (χ3v) is 2.98. The molecule has 1 aromatic rings. The van der Waals surface area contributed by atoms with Crippen LogP contribution in [0, 0.1) is 0 Å². The van der Waals surface area contributed by atoms with Crippen LogP contribution in [0.5, 0.6) is 5.75 Å². The normalized spacial score (nSPS) is 23.6. The summed E-state index contributed by atoms with van der Waals surface area (Å²) in [6, 6.07) is 7.38. The molecule has 1 aliphatic rings. The number of hydrogen-bond acceptors (Lipinski definition) is 4. The average molecular weight is 317 g/mol. The molecule has 6 heteroatoms. The van der Waals surface area contributed by atoms with Crippen molar-refractivity contribution in [2.75, 3.05) is 19.8 Å². The van der Waals surface area contributed by atoms with Crippen molar-refractivity contribution in [3.05, 3.63) is 28.7 Å². The molecular formula is C12H13BrO5. The van der Waals surface area contributed by atoms with Gasteiger partial charge < -0.3 is 19.3 Å². The Kier molecular flexibility index (Phi) is 4.57. The quantitative estimate of drug-likeness (QED) is 0.916. The van der Waals surface area contributed by atoms with Crippen molar-refractivity contribution in [1.29, 1.82) is 0 Å². The Morgan fingerprint density at radius 1 is 1.39 bits per heavy atom. The molecule has 0 spiro atoms. The lowest BCUT2D eigenvalue weighted by Gasteiger charge is -2.27. The fraction of sp³-hybridized carbons (Fsp3) is 0.417. The lowest BCUT2D eigenvalue weighted by atomic mass is 10.3. The number of benzene rings is 1. The predicted octanol–water partition coefficient (Wildman–Crippen LogP) is 1.70. The van der Waals surface area contributed by atoms with Gasteiger partial charge in [-0.1, -0.05) is 15.9 Å². The second-order valence-electron chi connectivity index (χ2n) is 3.89. The molecule has 0 radical (unpaired) electrons. The molecule has 1 saturated heterocycles. The van der Waals surface area contributed by atoms with Gasteiger partial charge in [0.25, 0.3) is 0 Å². The SMILES string of the molecule is O=C(O)C1COCC(COc2ccc(Br)cc2)O1. The standard InChI is InChI=1S/C12H13BrO5/c13-8-1-3-9(4-2-8)17-6-10-5-16-7-11(18-10)12(14)15/h1-4,10-11H,5-7H2,(H,14,15). The van der Waals surface area contributed by atoms with Gasteiger partial charge in [-0.05, 0) is 24.3 Å². The molecule has 98 valence electrons. The van der Waals surface area contributed by atoms with Crippen LogP contribution in [0.25, 0.3) is 0 Å². The molecule has 1 N–H and O–H groups in total. The lowest BCUT2D eigenvalue weighted by Crippen LogP contribution is -2.43. The van der Waals surface area contributed by atoms with E-state index in [1.54, 1.807) is 0 Å². The second-order valence-corrected chi connectivity index (χ2v) is 4.80. The van der Waals surface area contributed by atoms with E-state index in [0.717, 1.165) is 4.47 Å². The van der Waals surface area contributed by atoms with E-state index in [9.17, 15) is 4.79 Å². The minimum Gasteiger partial charge on any atom is -0.491 e. The summed E-state index contributed by atoms with van der Waals surface area (Å²) < 4.78 is 17.0. The molecule has 5 nitrogen and oxygen atoms in total. The number of halogens is 1. The first-order valence-electron chi connectivity index (χ1n) is 5.49. The van der Waals surface area contributed by atoms with Crippen LogP contribution in [0.1, 0.15) is 0 Å². The number of ether oxygens (including phenoxy) is 3. The highest BCUT2D eigenvalue weighted by Crippen LogP contribution is 2.17. The van der Waals surface area contributed by atoms with E-state index in [-0.39, 0.29) is 19.3 Å². The third kappa shape index (κ3) is 3.69. The van der Waals surface area contributed by atoms with Gasteiger partial charge in [0.1, 0.15) is 18.5 Å². The van der Waals surface area contributed by atoms with E-state index in [1.165, 1.54) is 0 Å². The summed E-state index contributed by atoms with van der Waals surface area (Å²) in [5, 5.41) is 8.82. The van der Waals surface area contributed by atoms with Crippen LogP contribution in [-0.4, -0.2) is 43.1 Å². The van der Waals surface area contributed by atoms with Crippen molar-refractivity contribution in [3.8, 4) is 5.75 Å². The average Bonchev–Trinajstić information content (AvgIpc) is 2.38. The van der Waals surface area contributed by atoms with Gasteiger partial charge in [-0.15, -0.1) is 0 Å². The lowest BCUT2D eigenvalue weighted by molar-refractivity contribution is -0.181. The van der Waals surface area contributed by atoms with E-state index < -0.39 is 12.1 Å². The first kappa shape index (κ1) is 13.3. The topological polar surface area (TPSA) is 65.0 Å². The fourth-order valence-corrected chi connectivity index (χ4v) is 1.82. The van der Waals surface area contributed by atoms with Crippen molar-refractivity contribution in [3.63, 3.8) is 0 Å². The molecule has 0 amide bonds. The Balaban J connectivity index is 1.82. The monoisotopic (exact) mass is 316 g/mol. The summed E-state index contributed by atoms with van der Waals surface area (Å²) in [5.74, 6) is -0.303. The Hall–Kier alpha value is -1.11. The van der Waals surface area contributed by atoms with Crippen LogP contribution in [-0.2, 0) is 14.3 Å². The van der Waals surface area contributed by atoms with Gasteiger partial charge in [0.05, 0.1) is 13.2 Å². The Labute approximate surface area is 113 Å². The van der Waals surface area contributed by atoms with E-state index in [4.69, 9.17) is 19.3 Å². The van der Waals surface area contributed by atoms with Gasteiger partial charge in [0, 0.05) is 4.47 Å². The maximum atomic E-state index is 10.8. The Bertz CT molecular complexity index is 405. The van der Waals surface area contributed by atoms with Crippen LogP contribution < -0.4 is 4.74 Å². The van der Waals surface area contributed by atoms with Crippen molar-refractivity contribution in [2.24, 2.45) is 0 Å². The number of carbonyl (C=O) groups is 1. The zero-order chi connectivity index (χ0) is 13.0. The van der Waals surface area contributed by atoms with E-state index in [2.05, 4.69) is 15.9 Å².